The van der Waals surface area contributed by atoms with Gasteiger partial charge in [0.25, 0.3) is 0 Å². The van der Waals surface area contributed by atoms with Gasteiger partial charge in [-0.1, -0.05) is 60.7 Å². The average Bonchev–Trinajstić information content (AvgIpc) is 3.24. The summed E-state index contributed by atoms with van der Waals surface area (Å²) in [4.78, 5) is 16.3. The van der Waals surface area contributed by atoms with Crippen molar-refractivity contribution in [3.63, 3.8) is 0 Å². The summed E-state index contributed by atoms with van der Waals surface area (Å²) in [6, 6.07) is 18.9. The molecule has 0 amide bonds. The molecule has 2 heterocycles. The van der Waals surface area contributed by atoms with Crippen molar-refractivity contribution in [3.8, 4) is 22.4 Å². The number of hydrogen-bond acceptors (Lipinski definition) is 6. The van der Waals surface area contributed by atoms with Crippen LogP contribution in [-0.4, -0.2) is 41.8 Å². The predicted molar refractivity (Wildman–Crippen MR) is 101 cm³/mol. The number of rotatable bonds is 4. The Morgan fingerprint density at radius 3 is 2.37 bits per heavy atom. The largest absolute Gasteiger partial charge is 0.474 e. The van der Waals surface area contributed by atoms with Crippen LogP contribution in [0.15, 0.2) is 71.9 Å². The summed E-state index contributed by atoms with van der Waals surface area (Å²) in [5.74, 6) is -0.0486. The van der Waals surface area contributed by atoms with Crippen LogP contribution in [0.4, 0.5) is 0 Å². The summed E-state index contributed by atoms with van der Waals surface area (Å²) in [7, 11) is 1.34. The Hall–Kier alpha value is -3.54. The van der Waals surface area contributed by atoms with Crippen LogP contribution in [0.5, 0.6) is 0 Å². The van der Waals surface area contributed by atoms with E-state index < -0.39 is 12.0 Å². The molecular weight excluding hydrogens is 342 g/mol. The van der Waals surface area contributed by atoms with E-state index in [1.54, 1.807) is 6.20 Å². The minimum Gasteiger partial charge on any atom is -0.474 e. The molecule has 0 fully saturated rings. The van der Waals surface area contributed by atoms with Crippen molar-refractivity contribution in [2.45, 2.75) is 6.04 Å². The monoisotopic (exact) mass is 359 g/mol. The van der Waals surface area contributed by atoms with Crippen LogP contribution < -0.4 is 0 Å². The van der Waals surface area contributed by atoms with Gasteiger partial charge in [-0.25, -0.2) is 9.79 Å². The summed E-state index contributed by atoms with van der Waals surface area (Å²) < 4.78 is 10.6. The van der Waals surface area contributed by atoms with Gasteiger partial charge in [-0.2, -0.15) is 5.10 Å². The van der Waals surface area contributed by atoms with E-state index in [1.165, 1.54) is 7.11 Å². The maximum Gasteiger partial charge on any atom is 0.334 e. The van der Waals surface area contributed by atoms with Crippen molar-refractivity contribution in [3.05, 3.63) is 72.4 Å². The molecule has 0 bridgehead atoms. The van der Waals surface area contributed by atoms with Gasteiger partial charge in [0.2, 0.25) is 5.90 Å². The van der Waals surface area contributed by atoms with Crippen LogP contribution in [0.2, 0.25) is 0 Å². The number of hydrogen-bond donors (Lipinski definition) is 0. The second kappa shape index (κ2) is 7.37. The van der Waals surface area contributed by atoms with Crippen molar-refractivity contribution in [2.24, 2.45) is 4.99 Å². The van der Waals surface area contributed by atoms with Crippen molar-refractivity contribution in [1.82, 2.24) is 10.2 Å². The Labute approximate surface area is 156 Å². The highest BCUT2D eigenvalue weighted by Crippen LogP contribution is 2.32. The van der Waals surface area contributed by atoms with Gasteiger partial charge in [-0.15, -0.1) is 5.10 Å². The Balaban J connectivity index is 1.91. The first-order valence-corrected chi connectivity index (χ1v) is 8.53. The average molecular weight is 359 g/mol. The summed E-state index contributed by atoms with van der Waals surface area (Å²) in [5, 5.41) is 8.53. The third-order valence-electron chi connectivity index (χ3n) is 4.32. The van der Waals surface area contributed by atoms with E-state index >= 15 is 0 Å². The molecule has 6 nitrogen and oxygen atoms in total. The lowest BCUT2D eigenvalue weighted by atomic mass is 9.97. The minimum atomic E-state index is -0.676. The first-order valence-electron chi connectivity index (χ1n) is 8.53. The zero-order chi connectivity index (χ0) is 18.6. The van der Waals surface area contributed by atoms with Gasteiger partial charge in [0, 0.05) is 11.1 Å². The first kappa shape index (κ1) is 16.9. The molecule has 27 heavy (non-hydrogen) atoms. The fourth-order valence-electron chi connectivity index (χ4n) is 3.01. The van der Waals surface area contributed by atoms with E-state index in [0.29, 0.717) is 17.2 Å². The van der Waals surface area contributed by atoms with E-state index in [2.05, 4.69) is 15.2 Å². The Morgan fingerprint density at radius 1 is 1.04 bits per heavy atom. The molecule has 0 N–H and O–H groups in total. The Kier molecular flexibility index (Phi) is 4.61. The van der Waals surface area contributed by atoms with Crippen LogP contribution in [-0.2, 0) is 14.3 Å². The molecule has 0 aliphatic carbocycles. The van der Waals surface area contributed by atoms with Crippen molar-refractivity contribution < 1.29 is 14.3 Å². The smallest absolute Gasteiger partial charge is 0.334 e. The number of methoxy groups -OCH3 is 1. The van der Waals surface area contributed by atoms with Crippen LogP contribution in [0, 0.1) is 0 Å². The maximum absolute atomic E-state index is 11.9. The first-order chi connectivity index (χ1) is 13.3. The highest BCUT2D eigenvalue weighted by molar-refractivity contribution is 6.07. The van der Waals surface area contributed by atoms with Gasteiger partial charge in [0.15, 0.2) is 6.04 Å². The third kappa shape index (κ3) is 3.29. The normalized spacial score (nSPS) is 15.7. The quantitative estimate of drug-likeness (QED) is 0.669. The third-order valence-corrected chi connectivity index (χ3v) is 4.32. The molecule has 0 spiro atoms. The molecule has 0 saturated heterocycles. The lowest BCUT2D eigenvalue weighted by Crippen LogP contribution is -2.21. The number of nitrogens with zero attached hydrogens (tertiary/aromatic N) is 3. The summed E-state index contributed by atoms with van der Waals surface area (Å²) in [5.41, 5.74) is 4.07. The number of esters is 1. The number of aromatic nitrogens is 2. The molecular formula is C21H17N3O3. The van der Waals surface area contributed by atoms with Crippen LogP contribution in [0.3, 0.4) is 0 Å². The zero-order valence-corrected chi connectivity index (χ0v) is 14.7. The predicted octanol–water partition coefficient (Wildman–Crippen LogP) is 3.13. The van der Waals surface area contributed by atoms with E-state index in [9.17, 15) is 4.79 Å². The Morgan fingerprint density at radius 2 is 1.70 bits per heavy atom. The fraction of sp³-hybridized carbons (Fsp3) is 0.143. The topological polar surface area (TPSA) is 73.7 Å². The van der Waals surface area contributed by atoms with E-state index in [4.69, 9.17) is 9.47 Å². The number of carbonyl (C=O) groups excluding carboxylic acids is 1. The lowest BCUT2D eigenvalue weighted by Gasteiger charge is -2.13. The van der Waals surface area contributed by atoms with Crippen LogP contribution in [0.25, 0.3) is 22.4 Å². The number of benzene rings is 2. The van der Waals surface area contributed by atoms with Crippen molar-refractivity contribution in [1.29, 1.82) is 0 Å². The van der Waals surface area contributed by atoms with Crippen molar-refractivity contribution >= 4 is 11.9 Å². The standard InChI is InChI=1S/C21H17N3O3/c1-26-21(25)17-13-27-20(23-17)18-16(14-8-4-2-5-9-14)12-22-24-19(18)15-10-6-3-7-11-15/h2-12,17H,13H2,1H3. The van der Waals surface area contributed by atoms with Gasteiger partial charge in [-0.3, -0.25) is 0 Å². The molecule has 1 aliphatic heterocycles. The summed E-state index contributed by atoms with van der Waals surface area (Å²) >= 11 is 0. The fourth-order valence-corrected chi connectivity index (χ4v) is 3.01. The van der Waals surface area contributed by atoms with Gasteiger partial charge in [-0.05, 0) is 5.56 Å². The molecule has 4 rings (SSSR count). The molecule has 1 aromatic heterocycles. The van der Waals surface area contributed by atoms with Gasteiger partial charge >= 0.3 is 5.97 Å². The highest BCUT2D eigenvalue weighted by atomic mass is 16.5. The van der Waals surface area contributed by atoms with Gasteiger partial charge in [0.1, 0.15) is 12.3 Å². The van der Waals surface area contributed by atoms with Gasteiger partial charge in [0.05, 0.1) is 18.9 Å². The number of ether oxygens (including phenoxy) is 2. The summed E-state index contributed by atoms with van der Waals surface area (Å²) in [6.07, 6.45) is 1.69. The molecule has 6 heteroatoms. The van der Waals surface area contributed by atoms with Crippen LogP contribution >= 0.6 is 0 Å². The summed E-state index contributed by atoms with van der Waals surface area (Å²) in [6.45, 7) is 0.146. The zero-order valence-electron chi connectivity index (χ0n) is 14.7. The molecule has 134 valence electrons. The van der Waals surface area contributed by atoms with E-state index in [1.807, 2.05) is 60.7 Å². The molecule has 1 unspecified atom stereocenters. The number of carbonyl (C=O) groups is 1. The highest BCUT2D eigenvalue weighted by Gasteiger charge is 2.30. The molecule has 0 saturated carbocycles. The second-order valence-corrected chi connectivity index (χ2v) is 6.00. The number of aliphatic imine (C=N–C) groups is 1. The molecule has 3 aromatic rings. The molecule has 0 radical (unpaired) electrons. The van der Waals surface area contributed by atoms with Crippen LogP contribution in [0.1, 0.15) is 5.56 Å². The minimum absolute atomic E-state index is 0.146. The second-order valence-electron chi connectivity index (χ2n) is 6.00. The SMILES string of the molecule is COC(=O)C1COC(c2c(-c3ccccc3)cnnc2-c2ccccc2)=N1. The van der Waals surface area contributed by atoms with Crippen molar-refractivity contribution in [2.75, 3.05) is 13.7 Å². The molecule has 1 atom stereocenters. The lowest BCUT2D eigenvalue weighted by molar-refractivity contribution is -0.142. The van der Waals surface area contributed by atoms with Gasteiger partial charge < -0.3 is 9.47 Å². The molecule has 1 aliphatic rings. The molecule has 2 aromatic carbocycles. The van der Waals surface area contributed by atoms with E-state index in [-0.39, 0.29) is 6.61 Å². The maximum atomic E-state index is 11.9. The Bertz CT molecular complexity index is 930. The van der Waals surface area contributed by atoms with E-state index in [0.717, 1.165) is 16.7 Å².